The molecule has 4 aromatic rings. The van der Waals surface area contributed by atoms with Gasteiger partial charge in [-0.2, -0.15) is 4.39 Å². The number of nitrogens with one attached hydrogen (secondary N) is 2. The van der Waals surface area contributed by atoms with Crippen LogP contribution in [0.3, 0.4) is 0 Å². The Morgan fingerprint density at radius 2 is 1.94 bits per heavy atom. The van der Waals surface area contributed by atoms with Crippen molar-refractivity contribution < 1.29 is 9.18 Å². The minimum absolute atomic E-state index is 0.239. The van der Waals surface area contributed by atoms with Crippen molar-refractivity contribution in [3.8, 4) is 22.3 Å². The fraction of sp³-hybridized carbons (Fsp3) is 0.130. The van der Waals surface area contributed by atoms with Gasteiger partial charge in [-0.1, -0.05) is 6.08 Å². The molecule has 0 atom stereocenters. The van der Waals surface area contributed by atoms with Crippen LogP contribution in [0.4, 0.5) is 10.2 Å². The lowest BCUT2D eigenvalue weighted by Gasteiger charge is -2.07. The molecule has 0 saturated heterocycles. The molecule has 0 radical (unpaired) electrons. The number of nitrogens with zero attached hydrogens (tertiary/aromatic N) is 4. The predicted molar refractivity (Wildman–Crippen MR) is 119 cm³/mol. The van der Waals surface area contributed by atoms with E-state index in [0.29, 0.717) is 12.4 Å². The third-order valence-electron chi connectivity index (χ3n) is 4.65. The van der Waals surface area contributed by atoms with Crippen molar-refractivity contribution >= 4 is 22.8 Å². The molecule has 0 saturated carbocycles. The minimum Gasteiger partial charge on any atom is -0.346 e. The number of hydrogen-bond acceptors (Lipinski definition) is 5. The molecule has 4 heterocycles. The summed E-state index contributed by atoms with van der Waals surface area (Å²) >= 11 is 0. The van der Waals surface area contributed by atoms with Gasteiger partial charge >= 0.3 is 0 Å². The maximum atomic E-state index is 13.2. The second kappa shape index (κ2) is 8.85. The number of aromatic amines is 1. The van der Waals surface area contributed by atoms with Crippen LogP contribution in [0.1, 0.15) is 0 Å². The van der Waals surface area contributed by atoms with Gasteiger partial charge in [0.25, 0.3) is 0 Å². The lowest BCUT2D eigenvalue weighted by Crippen LogP contribution is -2.13. The van der Waals surface area contributed by atoms with Gasteiger partial charge in [-0.05, 0) is 50.0 Å². The molecule has 4 aromatic heterocycles. The molecule has 156 valence electrons. The minimum atomic E-state index is -0.523. The first kappa shape index (κ1) is 20.4. The number of carbonyl (C=O) groups is 1. The standard InChI is InChI=1S/C23H21FN6O/c1-30(2)9-3-4-22(31)29-21-11-15(7-8-25-21)17-10-18-19(14-28-23(18)27-13-17)16-5-6-20(24)26-12-16/h3-8,10-14H,9H2,1-2H3,(H,27,28)(H,25,29,31)/b4-3+. The summed E-state index contributed by atoms with van der Waals surface area (Å²) in [6, 6.07) is 8.66. The normalized spacial score (nSPS) is 11.5. The first-order valence-electron chi connectivity index (χ1n) is 9.67. The lowest BCUT2D eigenvalue weighted by molar-refractivity contribution is -0.111. The van der Waals surface area contributed by atoms with E-state index in [4.69, 9.17) is 0 Å². The van der Waals surface area contributed by atoms with Crippen molar-refractivity contribution in [3.05, 3.63) is 73.2 Å². The van der Waals surface area contributed by atoms with Gasteiger partial charge in [-0.3, -0.25) is 4.79 Å². The van der Waals surface area contributed by atoms with E-state index >= 15 is 0 Å². The van der Waals surface area contributed by atoms with E-state index in [1.165, 1.54) is 18.3 Å². The Kier molecular flexibility index (Phi) is 5.81. The molecule has 0 aliphatic rings. The third kappa shape index (κ3) is 4.81. The zero-order valence-corrected chi connectivity index (χ0v) is 17.1. The zero-order chi connectivity index (χ0) is 21.8. The molecule has 0 aromatic carbocycles. The summed E-state index contributed by atoms with van der Waals surface area (Å²) in [6.45, 7) is 0.676. The zero-order valence-electron chi connectivity index (χ0n) is 17.1. The Labute approximate surface area is 178 Å². The molecule has 4 rings (SSSR count). The summed E-state index contributed by atoms with van der Waals surface area (Å²) in [7, 11) is 3.86. The summed E-state index contributed by atoms with van der Waals surface area (Å²) < 4.78 is 13.2. The van der Waals surface area contributed by atoms with Gasteiger partial charge in [-0.25, -0.2) is 15.0 Å². The van der Waals surface area contributed by atoms with Crippen molar-refractivity contribution in [1.82, 2.24) is 24.8 Å². The summed E-state index contributed by atoms with van der Waals surface area (Å²) in [6.07, 6.45) is 9.99. The van der Waals surface area contributed by atoms with Crippen LogP contribution in [0.25, 0.3) is 33.3 Å². The SMILES string of the molecule is CN(C)C/C=C/C(=O)Nc1cc(-c2cnc3[nH]cc(-c4ccc(F)nc4)c3c2)ccn1. The van der Waals surface area contributed by atoms with Crippen LogP contribution in [0, 0.1) is 5.95 Å². The number of likely N-dealkylation sites (N-methyl/N-ethyl adjacent to an activating group) is 1. The van der Waals surface area contributed by atoms with Crippen molar-refractivity contribution in [2.45, 2.75) is 0 Å². The van der Waals surface area contributed by atoms with Crippen LogP contribution in [-0.2, 0) is 4.79 Å². The summed E-state index contributed by atoms with van der Waals surface area (Å²) in [5.41, 5.74) is 4.12. The smallest absolute Gasteiger partial charge is 0.249 e. The molecule has 7 nitrogen and oxygen atoms in total. The molecule has 0 spiro atoms. The van der Waals surface area contributed by atoms with Crippen LogP contribution >= 0.6 is 0 Å². The van der Waals surface area contributed by atoms with Crippen LogP contribution in [0.15, 0.2) is 67.3 Å². The summed E-state index contributed by atoms with van der Waals surface area (Å²) in [5, 5.41) is 3.66. The van der Waals surface area contributed by atoms with E-state index in [-0.39, 0.29) is 5.91 Å². The van der Waals surface area contributed by atoms with Crippen molar-refractivity contribution in [3.63, 3.8) is 0 Å². The van der Waals surface area contributed by atoms with Crippen LogP contribution in [0.2, 0.25) is 0 Å². The fourth-order valence-corrected chi connectivity index (χ4v) is 3.15. The molecule has 1 amide bonds. The van der Waals surface area contributed by atoms with E-state index in [9.17, 15) is 9.18 Å². The summed E-state index contributed by atoms with van der Waals surface area (Å²) in [4.78, 5) is 29.7. The molecule has 0 aliphatic carbocycles. The maximum absolute atomic E-state index is 13.2. The number of aromatic nitrogens is 4. The van der Waals surface area contributed by atoms with Crippen molar-refractivity contribution in [2.75, 3.05) is 26.0 Å². The van der Waals surface area contributed by atoms with Gasteiger partial charge < -0.3 is 15.2 Å². The number of fused-ring (bicyclic) bond motifs is 1. The molecule has 0 unspecified atom stereocenters. The first-order chi connectivity index (χ1) is 15.0. The molecule has 0 aliphatic heterocycles. The van der Waals surface area contributed by atoms with E-state index in [1.54, 1.807) is 30.6 Å². The lowest BCUT2D eigenvalue weighted by atomic mass is 10.0. The highest BCUT2D eigenvalue weighted by atomic mass is 19.1. The maximum Gasteiger partial charge on any atom is 0.249 e. The number of anilines is 1. The van der Waals surface area contributed by atoms with Gasteiger partial charge in [0.15, 0.2) is 0 Å². The Bertz CT molecular complexity index is 1250. The predicted octanol–water partition coefficient (Wildman–Crippen LogP) is 3.88. The van der Waals surface area contributed by atoms with E-state index in [0.717, 1.165) is 33.3 Å². The van der Waals surface area contributed by atoms with E-state index in [2.05, 4.69) is 25.3 Å². The van der Waals surface area contributed by atoms with E-state index < -0.39 is 5.95 Å². The van der Waals surface area contributed by atoms with Gasteiger partial charge in [-0.15, -0.1) is 0 Å². The molecular formula is C23H21FN6O. The quantitative estimate of drug-likeness (QED) is 0.368. The highest BCUT2D eigenvalue weighted by Crippen LogP contribution is 2.31. The van der Waals surface area contributed by atoms with Crippen LogP contribution < -0.4 is 5.32 Å². The number of carbonyl (C=O) groups excluding carboxylic acids is 1. The molecule has 31 heavy (non-hydrogen) atoms. The third-order valence-corrected chi connectivity index (χ3v) is 4.65. The van der Waals surface area contributed by atoms with Gasteiger partial charge in [0.2, 0.25) is 11.9 Å². The molecular weight excluding hydrogens is 395 g/mol. The number of H-pyrrole nitrogens is 1. The topological polar surface area (TPSA) is 86.8 Å². The largest absolute Gasteiger partial charge is 0.346 e. The highest BCUT2D eigenvalue weighted by molar-refractivity contribution is 5.99. The van der Waals surface area contributed by atoms with E-state index in [1.807, 2.05) is 37.3 Å². The Morgan fingerprint density at radius 3 is 2.71 bits per heavy atom. The number of rotatable bonds is 6. The number of amides is 1. The number of pyridine rings is 3. The van der Waals surface area contributed by atoms with Crippen molar-refractivity contribution in [2.24, 2.45) is 0 Å². The fourth-order valence-electron chi connectivity index (χ4n) is 3.15. The number of hydrogen-bond donors (Lipinski definition) is 2. The highest BCUT2D eigenvalue weighted by Gasteiger charge is 2.10. The second-order valence-electron chi connectivity index (χ2n) is 7.28. The average molecular weight is 416 g/mol. The van der Waals surface area contributed by atoms with Crippen LogP contribution in [-0.4, -0.2) is 51.4 Å². The van der Waals surface area contributed by atoms with Gasteiger partial charge in [0.1, 0.15) is 11.5 Å². The Balaban J connectivity index is 1.61. The van der Waals surface area contributed by atoms with Gasteiger partial charge in [0, 0.05) is 59.5 Å². The van der Waals surface area contributed by atoms with Crippen molar-refractivity contribution in [1.29, 1.82) is 0 Å². The monoisotopic (exact) mass is 416 g/mol. The molecule has 8 heteroatoms. The molecule has 0 bridgehead atoms. The van der Waals surface area contributed by atoms with Crippen LogP contribution in [0.5, 0.6) is 0 Å². The molecule has 0 fully saturated rings. The Hall–Kier alpha value is -3.91. The van der Waals surface area contributed by atoms with Gasteiger partial charge in [0.05, 0.1) is 0 Å². The first-order valence-corrected chi connectivity index (χ1v) is 9.67. The average Bonchev–Trinajstić information content (AvgIpc) is 3.17. The number of halogens is 1. The Morgan fingerprint density at radius 1 is 1.10 bits per heavy atom. The summed E-state index contributed by atoms with van der Waals surface area (Å²) in [5.74, 6) is -0.309. The second-order valence-corrected chi connectivity index (χ2v) is 7.28. The molecule has 2 N–H and O–H groups in total.